The summed E-state index contributed by atoms with van der Waals surface area (Å²) in [5.41, 5.74) is 3.69. The van der Waals surface area contributed by atoms with E-state index < -0.39 is 0 Å². The Morgan fingerprint density at radius 1 is 1.03 bits per heavy atom. The van der Waals surface area contributed by atoms with Crippen molar-refractivity contribution in [1.29, 1.82) is 0 Å². The van der Waals surface area contributed by atoms with Crippen molar-refractivity contribution in [3.8, 4) is 0 Å². The molecule has 5 nitrogen and oxygen atoms in total. The fourth-order valence-electron chi connectivity index (χ4n) is 4.27. The number of aryl methyl sites for hydroxylation is 1. The maximum atomic E-state index is 12.7. The topological polar surface area (TPSA) is 60.2 Å². The van der Waals surface area contributed by atoms with Gasteiger partial charge < -0.3 is 0 Å². The van der Waals surface area contributed by atoms with Crippen molar-refractivity contribution in [3.63, 3.8) is 0 Å². The molecule has 0 radical (unpaired) electrons. The van der Waals surface area contributed by atoms with Gasteiger partial charge in [-0.05, 0) is 31.9 Å². The number of fused-ring (bicyclic) bond motifs is 3. The highest BCUT2D eigenvalue weighted by Crippen LogP contribution is 2.35. The molecule has 1 saturated carbocycles. The van der Waals surface area contributed by atoms with Crippen molar-refractivity contribution in [1.82, 2.24) is 19.6 Å². The van der Waals surface area contributed by atoms with E-state index in [1.807, 2.05) is 55.5 Å². The van der Waals surface area contributed by atoms with Crippen molar-refractivity contribution in [2.24, 2.45) is 0 Å². The molecule has 0 N–H and O–H groups in total. The van der Waals surface area contributed by atoms with Gasteiger partial charge in [0.25, 0.3) is 0 Å². The van der Waals surface area contributed by atoms with Gasteiger partial charge in [-0.25, -0.2) is 4.98 Å². The fourth-order valence-corrected chi connectivity index (χ4v) is 5.10. The predicted molar refractivity (Wildman–Crippen MR) is 120 cm³/mol. The molecule has 5 rings (SSSR count). The van der Waals surface area contributed by atoms with E-state index in [1.54, 1.807) is 0 Å². The highest BCUT2D eigenvalue weighted by atomic mass is 32.2. The molecule has 0 unspecified atom stereocenters. The first kappa shape index (κ1) is 19.2. The van der Waals surface area contributed by atoms with Gasteiger partial charge in [-0.1, -0.05) is 73.0 Å². The van der Waals surface area contributed by atoms with Crippen molar-refractivity contribution in [2.45, 2.75) is 50.1 Å². The van der Waals surface area contributed by atoms with Crippen LogP contribution in [0, 0.1) is 6.92 Å². The minimum Gasteiger partial charge on any atom is -0.293 e. The number of carbonyl (C=O) groups is 1. The second kappa shape index (κ2) is 8.19. The smallest absolute Gasteiger partial charge is 0.197 e. The molecule has 30 heavy (non-hydrogen) atoms. The molecule has 1 fully saturated rings. The lowest BCUT2D eigenvalue weighted by atomic mass is 9.88. The van der Waals surface area contributed by atoms with Gasteiger partial charge in [0.2, 0.25) is 0 Å². The summed E-state index contributed by atoms with van der Waals surface area (Å²) in [5.74, 6) is 1.89. The third-order valence-corrected chi connectivity index (χ3v) is 6.85. The van der Waals surface area contributed by atoms with Gasteiger partial charge in [-0.2, -0.15) is 0 Å². The summed E-state index contributed by atoms with van der Waals surface area (Å²) >= 11 is 1.45. The Hall–Kier alpha value is -2.73. The molecule has 0 atom stereocenters. The summed E-state index contributed by atoms with van der Waals surface area (Å²) < 4.78 is 2.10. The molecule has 152 valence electrons. The third kappa shape index (κ3) is 3.60. The summed E-state index contributed by atoms with van der Waals surface area (Å²) in [6.45, 7) is 2.02. The standard InChI is InChI=1S/C24H24N4OS/c1-16-11-13-17(14-12-16)21(29)15-30-24-27-26-23-19-9-5-6-10-20(19)25-22(28(23)24)18-7-3-2-4-8-18/h5-6,9-14,18H,2-4,7-8,15H2,1H3. The SMILES string of the molecule is Cc1ccc(C(=O)CSc2nnc3c4ccccc4nc(C4CCCCC4)n23)cc1. The molecule has 1 aliphatic rings. The minimum absolute atomic E-state index is 0.102. The fraction of sp³-hybridized carbons (Fsp3) is 0.333. The van der Waals surface area contributed by atoms with Gasteiger partial charge in [0.15, 0.2) is 16.6 Å². The first-order valence-corrected chi connectivity index (χ1v) is 11.6. The molecule has 4 aromatic rings. The summed E-state index contributed by atoms with van der Waals surface area (Å²) in [6, 6.07) is 15.8. The number of hydrogen-bond acceptors (Lipinski definition) is 5. The van der Waals surface area contributed by atoms with Crippen LogP contribution in [-0.2, 0) is 0 Å². The van der Waals surface area contributed by atoms with E-state index in [0.717, 1.165) is 51.5 Å². The number of rotatable bonds is 5. The van der Waals surface area contributed by atoms with E-state index in [4.69, 9.17) is 4.98 Å². The number of Topliss-reactive ketones (excluding diaryl/α,β-unsaturated/α-hetero) is 1. The summed E-state index contributed by atoms with van der Waals surface area (Å²) in [7, 11) is 0. The third-order valence-electron chi connectivity index (χ3n) is 5.92. The van der Waals surface area contributed by atoms with Gasteiger partial charge >= 0.3 is 0 Å². The van der Waals surface area contributed by atoms with Gasteiger partial charge in [0.05, 0.1) is 11.3 Å². The van der Waals surface area contributed by atoms with Gasteiger partial charge in [-0.15, -0.1) is 10.2 Å². The van der Waals surface area contributed by atoms with Crippen molar-refractivity contribution >= 4 is 34.1 Å². The molecular formula is C24H24N4OS. The largest absolute Gasteiger partial charge is 0.293 e. The van der Waals surface area contributed by atoms with Crippen LogP contribution >= 0.6 is 11.8 Å². The van der Waals surface area contributed by atoms with E-state index in [0.29, 0.717) is 11.7 Å². The van der Waals surface area contributed by atoms with Crippen LogP contribution in [-0.4, -0.2) is 31.1 Å². The Morgan fingerprint density at radius 3 is 2.60 bits per heavy atom. The first-order valence-electron chi connectivity index (χ1n) is 10.6. The molecule has 0 amide bonds. The zero-order valence-electron chi connectivity index (χ0n) is 17.0. The van der Waals surface area contributed by atoms with Crippen LogP contribution in [0.5, 0.6) is 0 Å². The minimum atomic E-state index is 0.102. The maximum Gasteiger partial charge on any atom is 0.197 e. The molecular weight excluding hydrogens is 392 g/mol. The van der Waals surface area contributed by atoms with Crippen LogP contribution < -0.4 is 0 Å². The highest BCUT2D eigenvalue weighted by molar-refractivity contribution is 7.99. The molecule has 0 bridgehead atoms. The normalized spacial score (nSPS) is 15.1. The van der Waals surface area contributed by atoms with E-state index in [2.05, 4.69) is 14.6 Å². The zero-order chi connectivity index (χ0) is 20.5. The van der Waals surface area contributed by atoms with Crippen LogP contribution in [0.3, 0.4) is 0 Å². The molecule has 0 saturated heterocycles. The number of ketones is 1. The van der Waals surface area contributed by atoms with Gasteiger partial charge in [0, 0.05) is 16.9 Å². The number of thioether (sulfide) groups is 1. The number of benzene rings is 2. The lowest BCUT2D eigenvalue weighted by Crippen LogP contribution is -2.13. The van der Waals surface area contributed by atoms with Crippen LogP contribution in [0.15, 0.2) is 53.7 Å². The Morgan fingerprint density at radius 2 is 1.80 bits per heavy atom. The summed E-state index contributed by atoms with van der Waals surface area (Å²) in [5, 5.41) is 10.7. The Balaban J connectivity index is 1.52. The van der Waals surface area contributed by atoms with Crippen LogP contribution in [0.1, 0.15) is 59.8 Å². The van der Waals surface area contributed by atoms with Gasteiger partial charge in [-0.3, -0.25) is 9.20 Å². The van der Waals surface area contributed by atoms with E-state index >= 15 is 0 Å². The second-order valence-corrected chi connectivity index (χ2v) is 8.98. The van der Waals surface area contributed by atoms with E-state index in [9.17, 15) is 4.79 Å². The summed E-state index contributed by atoms with van der Waals surface area (Å²) in [6.07, 6.45) is 6.05. The molecule has 2 aromatic heterocycles. The van der Waals surface area contributed by atoms with Crippen molar-refractivity contribution < 1.29 is 4.79 Å². The van der Waals surface area contributed by atoms with E-state index in [-0.39, 0.29) is 5.78 Å². The van der Waals surface area contributed by atoms with Crippen molar-refractivity contribution in [2.75, 3.05) is 5.75 Å². The monoisotopic (exact) mass is 416 g/mol. The summed E-state index contributed by atoms with van der Waals surface area (Å²) in [4.78, 5) is 17.7. The van der Waals surface area contributed by atoms with E-state index in [1.165, 1.54) is 31.0 Å². The zero-order valence-corrected chi connectivity index (χ0v) is 17.9. The average Bonchev–Trinajstić information content (AvgIpc) is 3.22. The maximum absolute atomic E-state index is 12.7. The molecule has 0 aliphatic heterocycles. The number of hydrogen-bond donors (Lipinski definition) is 0. The van der Waals surface area contributed by atoms with Crippen LogP contribution in [0.2, 0.25) is 0 Å². The number of carbonyl (C=O) groups excluding carboxylic acids is 1. The number of aromatic nitrogens is 4. The Labute approximate surface area is 179 Å². The molecule has 0 spiro atoms. The van der Waals surface area contributed by atoms with Crippen molar-refractivity contribution in [3.05, 3.63) is 65.5 Å². The predicted octanol–water partition coefficient (Wildman–Crippen LogP) is 5.61. The average molecular weight is 417 g/mol. The first-order chi connectivity index (χ1) is 14.7. The Bertz CT molecular complexity index is 1210. The van der Waals surface area contributed by atoms with Gasteiger partial charge in [0.1, 0.15) is 5.82 Å². The Kier molecular flexibility index (Phi) is 5.25. The van der Waals surface area contributed by atoms with Crippen LogP contribution in [0.25, 0.3) is 16.6 Å². The molecule has 6 heteroatoms. The molecule has 2 aromatic carbocycles. The highest BCUT2D eigenvalue weighted by Gasteiger charge is 2.24. The molecule has 2 heterocycles. The number of para-hydroxylation sites is 1. The quantitative estimate of drug-likeness (QED) is 0.313. The molecule has 1 aliphatic carbocycles. The van der Waals surface area contributed by atoms with Crippen LogP contribution in [0.4, 0.5) is 0 Å². The second-order valence-electron chi connectivity index (χ2n) is 8.04. The lowest BCUT2D eigenvalue weighted by molar-refractivity contribution is 0.102. The lowest BCUT2D eigenvalue weighted by Gasteiger charge is -2.22. The number of nitrogens with zero attached hydrogens (tertiary/aromatic N) is 4.